The Morgan fingerprint density at radius 1 is 1.50 bits per heavy atom. The maximum atomic E-state index is 12.6. The lowest BCUT2D eigenvalue weighted by molar-refractivity contribution is -0.142. The van der Waals surface area contributed by atoms with Crippen molar-refractivity contribution < 1.29 is 18.3 Å². The number of imidazole rings is 1. The van der Waals surface area contributed by atoms with Crippen molar-refractivity contribution in [2.75, 3.05) is 6.54 Å². The van der Waals surface area contributed by atoms with Crippen molar-refractivity contribution in [3.8, 4) is 0 Å². The molecule has 20 heavy (non-hydrogen) atoms. The average Bonchev–Trinajstić information content (AvgIpc) is 2.80. The Morgan fingerprint density at radius 2 is 2.20 bits per heavy atom. The molecule has 1 aromatic heterocycles. The highest BCUT2D eigenvalue weighted by Crippen LogP contribution is 2.25. The predicted molar refractivity (Wildman–Crippen MR) is 71.8 cm³/mol. The molecule has 1 atom stereocenters. The lowest BCUT2D eigenvalue weighted by atomic mass is 10.1. The van der Waals surface area contributed by atoms with Crippen LogP contribution >= 0.6 is 0 Å². The van der Waals surface area contributed by atoms with Gasteiger partial charge in [-0.25, -0.2) is 13.4 Å². The smallest absolute Gasteiger partial charge is 0.322 e. The number of nitrogens with zero attached hydrogens (tertiary/aromatic N) is 3. The summed E-state index contributed by atoms with van der Waals surface area (Å²) in [6.45, 7) is 4.48. The minimum atomic E-state index is -3.85. The molecule has 0 spiro atoms. The van der Waals surface area contributed by atoms with Gasteiger partial charge >= 0.3 is 5.97 Å². The average molecular weight is 301 g/mol. The number of hydrogen-bond donors (Lipinski definition) is 1. The first kappa shape index (κ1) is 15.0. The Morgan fingerprint density at radius 3 is 2.75 bits per heavy atom. The molecule has 1 saturated heterocycles. The second kappa shape index (κ2) is 5.53. The van der Waals surface area contributed by atoms with Crippen molar-refractivity contribution in [1.29, 1.82) is 0 Å². The van der Waals surface area contributed by atoms with Gasteiger partial charge in [-0.2, -0.15) is 4.31 Å². The van der Waals surface area contributed by atoms with Crippen LogP contribution in [0.15, 0.2) is 11.2 Å². The van der Waals surface area contributed by atoms with Crippen molar-refractivity contribution in [3.63, 3.8) is 0 Å². The Labute approximate surface area is 118 Å². The van der Waals surface area contributed by atoms with Gasteiger partial charge in [-0.3, -0.25) is 4.79 Å². The molecule has 0 unspecified atom stereocenters. The van der Waals surface area contributed by atoms with E-state index < -0.39 is 22.0 Å². The highest BCUT2D eigenvalue weighted by molar-refractivity contribution is 7.89. The van der Waals surface area contributed by atoms with E-state index in [0.29, 0.717) is 25.2 Å². The number of piperidine rings is 1. The van der Waals surface area contributed by atoms with E-state index in [9.17, 15) is 18.3 Å². The first-order valence-corrected chi connectivity index (χ1v) is 8.10. The molecule has 1 aliphatic rings. The summed E-state index contributed by atoms with van der Waals surface area (Å²) < 4.78 is 27.9. The monoisotopic (exact) mass is 301 g/mol. The van der Waals surface area contributed by atoms with Crippen LogP contribution in [0.2, 0.25) is 0 Å². The van der Waals surface area contributed by atoms with E-state index in [1.54, 1.807) is 11.5 Å². The van der Waals surface area contributed by atoms with Crippen molar-refractivity contribution >= 4 is 16.0 Å². The van der Waals surface area contributed by atoms with Crippen LogP contribution < -0.4 is 0 Å². The van der Waals surface area contributed by atoms with Crippen LogP contribution in [0.3, 0.4) is 0 Å². The minimum absolute atomic E-state index is 0.0648. The van der Waals surface area contributed by atoms with Crippen LogP contribution in [0.1, 0.15) is 32.0 Å². The van der Waals surface area contributed by atoms with Gasteiger partial charge in [0.1, 0.15) is 11.9 Å². The van der Waals surface area contributed by atoms with Gasteiger partial charge in [0.2, 0.25) is 0 Å². The van der Waals surface area contributed by atoms with E-state index in [0.717, 1.165) is 10.7 Å². The zero-order valence-electron chi connectivity index (χ0n) is 11.6. The Kier molecular flexibility index (Phi) is 4.14. The fourth-order valence-corrected chi connectivity index (χ4v) is 4.13. The molecule has 8 heteroatoms. The van der Waals surface area contributed by atoms with E-state index in [2.05, 4.69) is 4.98 Å². The molecule has 0 amide bonds. The van der Waals surface area contributed by atoms with Gasteiger partial charge in [0.15, 0.2) is 5.03 Å². The van der Waals surface area contributed by atoms with E-state index in [1.165, 1.54) is 6.20 Å². The molecular formula is C12H19N3O4S. The van der Waals surface area contributed by atoms with Crippen LogP contribution in [0.4, 0.5) is 0 Å². The second-order valence-electron chi connectivity index (χ2n) is 4.88. The standard InChI is InChI=1S/C12H19N3O4S/c1-3-14-8-11(13-9(14)2)20(18,19)15-7-5-4-6-10(15)12(16)17/h8,10H,3-7H2,1-2H3,(H,16,17)/t10-/m1/s1. The third kappa shape index (κ3) is 2.57. The fourth-order valence-electron chi connectivity index (χ4n) is 2.48. The summed E-state index contributed by atoms with van der Waals surface area (Å²) in [7, 11) is -3.85. The highest BCUT2D eigenvalue weighted by Gasteiger charge is 2.38. The first-order valence-electron chi connectivity index (χ1n) is 6.66. The Balaban J connectivity index is 2.39. The van der Waals surface area contributed by atoms with Crippen molar-refractivity contribution in [3.05, 3.63) is 12.0 Å². The molecular weight excluding hydrogens is 282 g/mol. The number of aliphatic carboxylic acids is 1. The number of hydrogen-bond acceptors (Lipinski definition) is 4. The second-order valence-corrected chi connectivity index (χ2v) is 6.72. The highest BCUT2D eigenvalue weighted by atomic mass is 32.2. The largest absolute Gasteiger partial charge is 0.480 e. The zero-order valence-corrected chi connectivity index (χ0v) is 12.4. The SMILES string of the molecule is CCn1cc(S(=O)(=O)N2CCCC[C@@H]2C(=O)O)nc1C. The van der Waals surface area contributed by atoms with Gasteiger partial charge in [-0.1, -0.05) is 0 Å². The summed E-state index contributed by atoms with van der Waals surface area (Å²) >= 11 is 0. The number of carboxylic acid groups (broad SMARTS) is 1. The van der Waals surface area contributed by atoms with Gasteiger partial charge in [0, 0.05) is 19.3 Å². The van der Waals surface area contributed by atoms with Crippen LogP contribution in [-0.2, 0) is 21.4 Å². The third-order valence-electron chi connectivity index (χ3n) is 3.61. The number of carbonyl (C=O) groups is 1. The molecule has 2 heterocycles. The summed E-state index contributed by atoms with van der Waals surface area (Å²) in [6.07, 6.45) is 3.22. The molecule has 1 fully saturated rings. The number of carboxylic acids is 1. The van der Waals surface area contributed by atoms with E-state index in [4.69, 9.17) is 0 Å². The Bertz CT molecular complexity index is 608. The van der Waals surface area contributed by atoms with E-state index in [-0.39, 0.29) is 11.6 Å². The number of aromatic nitrogens is 2. The third-order valence-corrected chi connectivity index (χ3v) is 5.39. The predicted octanol–water partition coefficient (Wildman–Crippen LogP) is 0.839. The van der Waals surface area contributed by atoms with Gasteiger partial charge in [0.25, 0.3) is 10.0 Å². The molecule has 1 aliphatic heterocycles. The molecule has 1 N–H and O–H groups in total. The number of aryl methyl sites for hydroxylation is 2. The molecule has 7 nitrogen and oxygen atoms in total. The molecule has 0 radical (unpaired) electrons. The van der Waals surface area contributed by atoms with Crippen LogP contribution in [0.25, 0.3) is 0 Å². The zero-order chi connectivity index (χ0) is 14.9. The van der Waals surface area contributed by atoms with Crippen molar-refractivity contribution in [2.24, 2.45) is 0 Å². The Hall–Kier alpha value is -1.41. The normalized spacial score (nSPS) is 21.0. The topological polar surface area (TPSA) is 92.5 Å². The molecule has 0 aromatic carbocycles. The fraction of sp³-hybridized carbons (Fsp3) is 0.667. The van der Waals surface area contributed by atoms with Gasteiger partial charge < -0.3 is 9.67 Å². The van der Waals surface area contributed by atoms with E-state index >= 15 is 0 Å². The first-order chi connectivity index (χ1) is 9.37. The summed E-state index contributed by atoms with van der Waals surface area (Å²) in [6, 6.07) is -0.985. The quantitative estimate of drug-likeness (QED) is 0.889. The summed E-state index contributed by atoms with van der Waals surface area (Å²) in [5, 5.41) is 9.13. The molecule has 112 valence electrons. The van der Waals surface area contributed by atoms with Gasteiger partial charge in [-0.05, 0) is 33.1 Å². The maximum Gasteiger partial charge on any atom is 0.322 e. The lowest BCUT2D eigenvalue weighted by Crippen LogP contribution is -2.47. The lowest BCUT2D eigenvalue weighted by Gasteiger charge is -2.31. The molecule has 1 aromatic rings. The molecule has 0 saturated carbocycles. The molecule has 0 aliphatic carbocycles. The summed E-state index contributed by atoms with van der Waals surface area (Å²) in [5.74, 6) is -0.491. The van der Waals surface area contributed by atoms with Crippen molar-refractivity contribution in [1.82, 2.24) is 13.9 Å². The van der Waals surface area contributed by atoms with Crippen LogP contribution in [0.5, 0.6) is 0 Å². The van der Waals surface area contributed by atoms with Crippen LogP contribution in [-0.4, -0.2) is 45.9 Å². The van der Waals surface area contributed by atoms with Crippen molar-refractivity contribution in [2.45, 2.75) is 50.7 Å². The molecule has 0 bridgehead atoms. The molecule has 2 rings (SSSR count). The summed E-state index contributed by atoms with van der Waals surface area (Å²) in [4.78, 5) is 15.3. The van der Waals surface area contributed by atoms with Gasteiger partial charge in [-0.15, -0.1) is 0 Å². The van der Waals surface area contributed by atoms with Crippen LogP contribution in [0, 0.1) is 6.92 Å². The minimum Gasteiger partial charge on any atom is -0.480 e. The number of rotatable bonds is 4. The number of sulfonamides is 1. The maximum absolute atomic E-state index is 12.6. The van der Waals surface area contributed by atoms with Gasteiger partial charge in [0.05, 0.1) is 0 Å². The summed E-state index contributed by atoms with van der Waals surface area (Å²) in [5.41, 5.74) is 0. The van der Waals surface area contributed by atoms with E-state index in [1.807, 2.05) is 6.92 Å².